The predicted octanol–water partition coefficient (Wildman–Crippen LogP) is 1.29. The molecule has 0 spiro atoms. The van der Waals surface area contributed by atoms with Crippen molar-refractivity contribution in [3.05, 3.63) is 0 Å². The van der Waals surface area contributed by atoms with Gasteiger partial charge in [-0.25, -0.2) is 0 Å². The zero-order valence-electron chi connectivity index (χ0n) is 9.41. The van der Waals surface area contributed by atoms with Crippen molar-refractivity contribution in [1.29, 1.82) is 0 Å². The molecule has 0 radical (unpaired) electrons. The van der Waals surface area contributed by atoms with Crippen LogP contribution in [0, 0.1) is 5.92 Å². The molecule has 1 rings (SSSR count). The molecule has 1 unspecified atom stereocenters. The Morgan fingerprint density at radius 1 is 1.21 bits per heavy atom. The molecule has 84 valence electrons. The first-order valence-corrected chi connectivity index (χ1v) is 6.77. The Labute approximate surface area is 86.9 Å². The second-order valence-corrected chi connectivity index (χ2v) is 6.70. The Bertz CT molecular complexity index is 160. The molecule has 0 N–H and O–H groups in total. The maximum absolute atomic E-state index is 5.49. The van der Waals surface area contributed by atoms with Crippen molar-refractivity contribution in [2.75, 3.05) is 34.5 Å². The van der Waals surface area contributed by atoms with Crippen LogP contribution in [0.4, 0.5) is 0 Å². The molecule has 0 aromatic carbocycles. The molecule has 1 atom stereocenters. The molecule has 0 aromatic heterocycles. The Morgan fingerprint density at radius 3 is 1.93 bits per heavy atom. The van der Waals surface area contributed by atoms with Crippen LogP contribution >= 0.6 is 0 Å². The monoisotopic (exact) mass is 220 g/mol. The fourth-order valence-corrected chi connectivity index (χ4v) is 4.74. The topological polar surface area (TPSA) is 36.9 Å². The lowest BCUT2D eigenvalue weighted by molar-refractivity contribution is -0.0497. The Hall–Kier alpha value is 0.0569. The molecule has 1 heterocycles. The molecule has 4 nitrogen and oxygen atoms in total. The van der Waals surface area contributed by atoms with Gasteiger partial charge >= 0.3 is 8.80 Å². The molecule has 5 heteroatoms. The summed E-state index contributed by atoms with van der Waals surface area (Å²) in [7, 11) is 2.54. The summed E-state index contributed by atoms with van der Waals surface area (Å²) in [4.78, 5) is 0. The summed E-state index contributed by atoms with van der Waals surface area (Å²) in [6.45, 7) is 3.76. The van der Waals surface area contributed by atoms with E-state index in [-0.39, 0.29) is 0 Å². The lowest BCUT2D eigenvalue weighted by atomic mass is 10.0. The molecular formula is C9H20O4Si. The highest BCUT2D eigenvalue weighted by atomic mass is 28.4. The average molecular weight is 220 g/mol. The molecule has 0 amide bonds. The molecule has 1 aliphatic heterocycles. The van der Waals surface area contributed by atoms with Crippen molar-refractivity contribution in [2.45, 2.75) is 18.9 Å². The molecule has 0 saturated carbocycles. The van der Waals surface area contributed by atoms with E-state index in [2.05, 4.69) is 6.92 Å². The summed E-state index contributed by atoms with van der Waals surface area (Å²) in [6.07, 6.45) is 1.01. The van der Waals surface area contributed by atoms with Crippen LogP contribution in [0.25, 0.3) is 0 Å². The van der Waals surface area contributed by atoms with Crippen LogP contribution in [0.15, 0.2) is 0 Å². The SMILES string of the molecule is CCC(C1COC1)[Si](OC)(OC)OC. The Morgan fingerprint density at radius 2 is 1.71 bits per heavy atom. The summed E-state index contributed by atoms with van der Waals surface area (Å²) in [6, 6.07) is 0. The van der Waals surface area contributed by atoms with Crippen LogP contribution in [0.5, 0.6) is 0 Å². The first-order chi connectivity index (χ1) is 6.74. The summed E-state index contributed by atoms with van der Waals surface area (Å²) in [5.41, 5.74) is 0.358. The highest BCUT2D eigenvalue weighted by Gasteiger charge is 2.51. The van der Waals surface area contributed by atoms with Gasteiger partial charge in [-0.15, -0.1) is 0 Å². The van der Waals surface area contributed by atoms with E-state index < -0.39 is 8.80 Å². The summed E-state index contributed by atoms with van der Waals surface area (Å²) in [5.74, 6) is 0.534. The largest absolute Gasteiger partial charge is 0.503 e. The third kappa shape index (κ3) is 2.01. The second kappa shape index (κ2) is 5.23. The third-order valence-corrected chi connectivity index (χ3v) is 6.48. The van der Waals surface area contributed by atoms with E-state index in [1.165, 1.54) is 0 Å². The number of ether oxygens (including phenoxy) is 1. The van der Waals surface area contributed by atoms with Crippen molar-refractivity contribution in [2.24, 2.45) is 5.92 Å². The van der Waals surface area contributed by atoms with Gasteiger partial charge in [-0.1, -0.05) is 6.92 Å². The van der Waals surface area contributed by atoms with Crippen LogP contribution < -0.4 is 0 Å². The minimum atomic E-state index is -2.46. The molecule has 0 bridgehead atoms. The Kier molecular flexibility index (Phi) is 4.53. The number of hydrogen-bond donors (Lipinski definition) is 0. The molecule has 0 aromatic rings. The predicted molar refractivity (Wildman–Crippen MR) is 55.1 cm³/mol. The van der Waals surface area contributed by atoms with E-state index in [1.807, 2.05) is 0 Å². The first kappa shape index (κ1) is 12.1. The maximum atomic E-state index is 5.49. The first-order valence-electron chi connectivity index (χ1n) is 4.97. The van der Waals surface area contributed by atoms with Crippen LogP contribution in [0.1, 0.15) is 13.3 Å². The van der Waals surface area contributed by atoms with E-state index >= 15 is 0 Å². The van der Waals surface area contributed by atoms with Crippen molar-refractivity contribution in [3.8, 4) is 0 Å². The second-order valence-electron chi connectivity index (χ2n) is 3.53. The maximum Gasteiger partial charge on any atom is 0.503 e. The van der Waals surface area contributed by atoms with E-state index in [4.69, 9.17) is 18.0 Å². The quantitative estimate of drug-likeness (QED) is 0.632. The van der Waals surface area contributed by atoms with Gasteiger partial charge in [0.25, 0.3) is 0 Å². The van der Waals surface area contributed by atoms with E-state index in [0.29, 0.717) is 11.5 Å². The van der Waals surface area contributed by atoms with Gasteiger partial charge in [0.1, 0.15) is 0 Å². The lowest BCUT2D eigenvalue weighted by Crippen LogP contribution is -2.53. The summed E-state index contributed by atoms with van der Waals surface area (Å²) in [5, 5.41) is 0. The molecule has 1 aliphatic rings. The summed E-state index contributed by atoms with van der Waals surface area (Å²) < 4.78 is 21.7. The van der Waals surface area contributed by atoms with E-state index in [1.54, 1.807) is 21.3 Å². The van der Waals surface area contributed by atoms with Gasteiger partial charge in [0.05, 0.1) is 13.2 Å². The molecule has 1 saturated heterocycles. The molecule has 14 heavy (non-hydrogen) atoms. The lowest BCUT2D eigenvalue weighted by Gasteiger charge is -2.40. The van der Waals surface area contributed by atoms with Crippen LogP contribution in [-0.4, -0.2) is 43.3 Å². The molecule has 1 fully saturated rings. The van der Waals surface area contributed by atoms with E-state index in [0.717, 1.165) is 19.6 Å². The number of rotatable bonds is 6. The number of hydrogen-bond acceptors (Lipinski definition) is 4. The van der Waals surface area contributed by atoms with Gasteiger partial charge in [-0.2, -0.15) is 0 Å². The normalized spacial score (nSPS) is 20.6. The van der Waals surface area contributed by atoms with Gasteiger partial charge in [0, 0.05) is 32.8 Å². The smallest absolute Gasteiger partial charge is 0.381 e. The van der Waals surface area contributed by atoms with Crippen LogP contribution in [0.3, 0.4) is 0 Å². The fraction of sp³-hybridized carbons (Fsp3) is 1.00. The van der Waals surface area contributed by atoms with Crippen molar-refractivity contribution < 1.29 is 18.0 Å². The zero-order valence-corrected chi connectivity index (χ0v) is 10.4. The van der Waals surface area contributed by atoms with Gasteiger partial charge in [0.15, 0.2) is 0 Å². The van der Waals surface area contributed by atoms with Crippen molar-refractivity contribution in [3.63, 3.8) is 0 Å². The van der Waals surface area contributed by atoms with Crippen molar-refractivity contribution >= 4 is 8.80 Å². The molecular weight excluding hydrogens is 200 g/mol. The minimum absolute atomic E-state index is 0.358. The summed E-state index contributed by atoms with van der Waals surface area (Å²) >= 11 is 0. The van der Waals surface area contributed by atoms with Gasteiger partial charge < -0.3 is 18.0 Å². The van der Waals surface area contributed by atoms with Gasteiger partial charge in [-0.3, -0.25) is 0 Å². The molecule has 0 aliphatic carbocycles. The van der Waals surface area contributed by atoms with E-state index in [9.17, 15) is 0 Å². The van der Waals surface area contributed by atoms with Gasteiger partial charge in [-0.05, 0) is 6.42 Å². The average Bonchev–Trinajstić information content (AvgIpc) is 2.16. The zero-order chi connectivity index (χ0) is 10.6. The Balaban J connectivity index is 2.70. The van der Waals surface area contributed by atoms with Crippen LogP contribution in [-0.2, 0) is 18.0 Å². The minimum Gasteiger partial charge on any atom is -0.381 e. The van der Waals surface area contributed by atoms with Gasteiger partial charge in [0.2, 0.25) is 0 Å². The van der Waals surface area contributed by atoms with Crippen LogP contribution in [0.2, 0.25) is 5.54 Å². The highest BCUT2D eigenvalue weighted by molar-refractivity contribution is 6.62. The standard InChI is InChI=1S/C9H20O4Si/c1-5-9(8-6-13-7-8)14(10-2,11-3)12-4/h8-9H,5-7H2,1-4H3. The highest BCUT2D eigenvalue weighted by Crippen LogP contribution is 2.38. The third-order valence-electron chi connectivity index (χ3n) is 2.98. The fourth-order valence-electron chi connectivity index (χ4n) is 2.06. The van der Waals surface area contributed by atoms with Crippen molar-refractivity contribution in [1.82, 2.24) is 0 Å².